The predicted molar refractivity (Wildman–Crippen MR) is 130 cm³/mol. The second-order valence-electron chi connectivity index (χ2n) is 9.79. The molecule has 3 fully saturated rings. The quantitative estimate of drug-likeness (QED) is 0.737. The smallest absolute Gasteiger partial charge is 0.250 e. The molecule has 4 aliphatic rings. The molecule has 0 unspecified atom stereocenters. The molecule has 6 nitrogen and oxygen atoms in total. The monoisotopic (exact) mass is 464 g/mol. The number of nitrogens with one attached hydrogen (secondary N) is 1. The van der Waals surface area contributed by atoms with Crippen molar-refractivity contribution in [2.75, 3.05) is 42.9 Å². The largest absolute Gasteiger partial charge is 0.368 e. The van der Waals surface area contributed by atoms with Crippen molar-refractivity contribution in [3.05, 3.63) is 58.6 Å². The Hall–Kier alpha value is -2.57. The van der Waals surface area contributed by atoms with Crippen molar-refractivity contribution >= 4 is 34.8 Å². The first-order valence-electron chi connectivity index (χ1n) is 12.0. The Morgan fingerprint density at radius 3 is 2.70 bits per heavy atom. The van der Waals surface area contributed by atoms with Crippen molar-refractivity contribution < 1.29 is 9.59 Å². The van der Waals surface area contributed by atoms with Gasteiger partial charge in [-0.1, -0.05) is 35.9 Å². The van der Waals surface area contributed by atoms with Gasteiger partial charge in [-0.25, -0.2) is 0 Å². The SMILES string of the molecule is Cc1ccc(Cl)cc1N1CCN(C(=O)[C@@H]2C[C@H]3CCCN3[C@]23C(=O)Nc2ccccc23)CC1. The van der Waals surface area contributed by atoms with Gasteiger partial charge < -0.3 is 15.1 Å². The van der Waals surface area contributed by atoms with Gasteiger partial charge >= 0.3 is 0 Å². The maximum absolute atomic E-state index is 14.0. The lowest BCUT2D eigenvalue weighted by atomic mass is 9.78. The number of benzene rings is 2. The molecule has 33 heavy (non-hydrogen) atoms. The molecule has 4 aliphatic heterocycles. The average Bonchev–Trinajstić information content (AvgIpc) is 3.49. The maximum Gasteiger partial charge on any atom is 0.250 e. The van der Waals surface area contributed by atoms with Gasteiger partial charge in [-0.05, 0) is 56.5 Å². The van der Waals surface area contributed by atoms with Gasteiger partial charge in [0.25, 0.3) is 0 Å². The molecule has 7 heteroatoms. The zero-order chi connectivity index (χ0) is 22.7. The van der Waals surface area contributed by atoms with Gasteiger partial charge in [-0.15, -0.1) is 0 Å². The minimum atomic E-state index is -0.866. The lowest BCUT2D eigenvalue weighted by Gasteiger charge is -2.41. The summed E-state index contributed by atoms with van der Waals surface area (Å²) in [6, 6.07) is 14.2. The minimum absolute atomic E-state index is 0.0281. The van der Waals surface area contributed by atoms with E-state index in [0.29, 0.717) is 19.1 Å². The Morgan fingerprint density at radius 2 is 1.88 bits per heavy atom. The van der Waals surface area contributed by atoms with Crippen molar-refractivity contribution in [2.45, 2.75) is 37.8 Å². The first kappa shape index (κ1) is 21.0. The summed E-state index contributed by atoms with van der Waals surface area (Å²) in [6.45, 7) is 5.81. The molecule has 4 heterocycles. The molecule has 6 rings (SSSR count). The second kappa shape index (κ2) is 7.74. The van der Waals surface area contributed by atoms with E-state index in [2.05, 4.69) is 22.0 Å². The van der Waals surface area contributed by atoms with Crippen LogP contribution in [0.3, 0.4) is 0 Å². The van der Waals surface area contributed by atoms with E-state index in [1.165, 1.54) is 5.56 Å². The lowest BCUT2D eigenvalue weighted by molar-refractivity contribution is -0.144. The fourth-order valence-electron chi connectivity index (χ4n) is 6.67. The van der Waals surface area contributed by atoms with E-state index >= 15 is 0 Å². The molecule has 0 saturated carbocycles. The van der Waals surface area contributed by atoms with Crippen molar-refractivity contribution in [1.82, 2.24) is 9.80 Å². The summed E-state index contributed by atoms with van der Waals surface area (Å²) in [5, 5.41) is 3.83. The van der Waals surface area contributed by atoms with Gasteiger partial charge in [0.2, 0.25) is 11.8 Å². The number of nitrogens with zero attached hydrogens (tertiary/aromatic N) is 3. The summed E-state index contributed by atoms with van der Waals surface area (Å²) < 4.78 is 0. The summed E-state index contributed by atoms with van der Waals surface area (Å²) in [4.78, 5) is 34.2. The van der Waals surface area contributed by atoms with Gasteiger partial charge in [0.15, 0.2) is 0 Å². The van der Waals surface area contributed by atoms with Crippen molar-refractivity contribution in [1.29, 1.82) is 0 Å². The van der Waals surface area contributed by atoms with Crippen LogP contribution in [0.25, 0.3) is 0 Å². The number of fused-ring (bicyclic) bond motifs is 4. The van der Waals surface area contributed by atoms with E-state index in [9.17, 15) is 9.59 Å². The Morgan fingerprint density at radius 1 is 1.09 bits per heavy atom. The van der Waals surface area contributed by atoms with Gasteiger partial charge in [0.05, 0.1) is 5.92 Å². The third-order valence-electron chi connectivity index (χ3n) is 8.18. The molecular weight excluding hydrogens is 436 g/mol. The molecule has 2 aromatic carbocycles. The number of carbonyl (C=O) groups is 2. The number of rotatable bonds is 2. The van der Waals surface area contributed by atoms with Crippen molar-refractivity contribution in [3.8, 4) is 0 Å². The number of carbonyl (C=O) groups excluding carboxylic acids is 2. The third kappa shape index (κ3) is 3.03. The lowest BCUT2D eigenvalue weighted by Crippen LogP contribution is -2.57. The Labute approximate surface area is 199 Å². The molecule has 2 aromatic rings. The van der Waals surface area contributed by atoms with E-state index < -0.39 is 5.54 Å². The third-order valence-corrected chi connectivity index (χ3v) is 8.41. The predicted octanol–water partition coefficient (Wildman–Crippen LogP) is 3.63. The Bertz CT molecular complexity index is 1130. The van der Waals surface area contributed by atoms with Crippen LogP contribution < -0.4 is 10.2 Å². The summed E-state index contributed by atoms with van der Waals surface area (Å²) in [5.41, 5.74) is 3.29. The molecule has 1 spiro atoms. The molecular formula is C26H29ClN4O2. The molecule has 0 aromatic heterocycles. The van der Waals surface area contributed by atoms with E-state index in [-0.39, 0.29) is 17.7 Å². The highest BCUT2D eigenvalue weighted by Gasteiger charge is 2.65. The number of para-hydroxylation sites is 1. The highest BCUT2D eigenvalue weighted by atomic mass is 35.5. The fraction of sp³-hybridized carbons (Fsp3) is 0.462. The van der Waals surface area contributed by atoms with E-state index in [0.717, 1.165) is 60.9 Å². The zero-order valence-corrected chi connectivity index (χ0v) is 19.6. The van der Waals surface area contributed by atoms with Crippen LogP contribution in [0.1, 0.15) is 30.4 Å². The molecule has 3 atom stereocenters. The van der Waals surface area contributed by atoms with Crippen LogP contribution in [-0.4, -0.2) is 60.4 Å². The van der Waals surface area contributed by atoms with Crippen LogP contribution in [0.4, 0.5) is 11.4 Å². The van der Waals surface area contributed by atoms with Gasteiger partial charge in [0, 0.05) is 54.2 Å². The molecule has 1 N–H and O–H groups in total. The molecule has 172 valence electrons. The second-order valence-corrected chi connectivity index (χ2v) is 10.2. The first-order valence-corrected chi connectivity index (χ1v) is 12.4. The first-order chi connectivity index (χ1) is 16.0. The molecule has 0 aliphatic carbocycles. The van der Waals surface area contributed by atoms with Gasteiger partial charge in [-0.2, -0.15) is 0 Å². The van der Waals surface area contributed by atoms with Crippen molar-refractivity contribution in [3.63, 3.8) is 0 Å². The number of aryl methyl sites for hydroxylation is 1. The Balaban J connectivity index is 1.28. The normalized spacial score (nSPS) is 28.8. The fourth-order valence-corrected chi connectivity index (χ4v) is 6.84. The highest BCUT2D eigenvalue weighted by Crippen LogP contribution is 2.55. The van der Waals surface area contributed by atoms with Crippen LogP contribution in [0.5, 0.6) is 0 Å². The highest BCUT2D eigenvalue weighted by molar-refractivity contribution is 6.30. The maximum atomic E-state index is 14.0. The molecule has 3 saturated heterocycles. The van der Waals surface area contributed by atoms with Crippen LogP contribution in [0.2, 0.25) is 5.02 Å². The molecule has 0 bridgehead atoms. The topological polar surface area (TPSA) is 55.9 Å². The van der Waals surface area contributed by atoms with Crippen molar-refractivity contribution in [2.24, 2.45) is 5.92 Å². The number of piperazine rings is 1. The summed E-state index contributed by atoms with van der Waals surface area (Å²) in [5.74, 6) is -0.246. The van der Waals surface area contributed by atoms with E-state index in [4.69, 9.17) is 11.6 Å². The van der Waals surface area contributed by atoms with Crippen LogP contribution in [0, 0.1) is 12.8 Å². The standard InChI is InChI=1S/C26H29ClN4O2/c1-17-8-9-18(27)15-23(17)29-11-13-30(14-12-29)24(32)21-16-19-5-4-10-31(19)26(21)20-6-2-3-7-22(20)28-25(26)33/h2-3,6-9,15,19,21H,4-5,10-14,16H2,1H3,(H,28,33)/t19-,21+,26+/m1/s1. The molecule has 2 amide bonds. The van der Waals surface area contributed by atoms with Gasteiger partial charge in [-0.3, -0.25) is 14.5 Å². The molecule has 0 radical (unpaired) electrons. The van der Waals surface area contributed by atoms with Gasteiger partial charge in [0.1, 0.15) is 5.54 Å². The summed E-state index contributed by atoms with van der Waals surface area (Å²) in [7, 11) is 0. The number of hydrogen-bond donors (Lipinski definition) is 1. The number of amides is 2. The Kier molecular flexibility index (Phi) is 4.93. The number of halogens is 1. The van der Waals surface area contributed by atoms with E-state index in [1.54, 1.807) is 0 Å². The summed E-state index contributed by atoms with van der Waals surface area (Å²) in [6.07, 6.45) is 2.90. The van der Waals surface area contributed by atoms with Crippen LogP contribution in [-0.2, 0) is 15.1 Å². The average molecular weight is 465 g/mol. The van der Waals surface area contributed by atoms with E-state index in [1.807, 2.05) is 47.4 Å². The number of anilines is 2. The zero-order valence-electron chi connectivity index (χ0n) is 18.9. The van der Waals surface area contributed by atoms with Crippen LogP contribution in [0.15, 0.2) is 42.5 Å². The summed E-state index contributed by atoms with van der Waals surface area (Å²) >= 11 is 6.24. The number of hydrogen-bond acceptors (Lipinski definition) is 4. The van der Waals surface area contributed by atoms with Crippen LogP contribution >= 0.6 is 11.6 Å². The minimum Gasteiger partial charge on any atom is -0.368 e.